The second-order valence-corrected chi connectivity index (χ2v) is 6.36. The molecule has 1 aliphatic rings. The standard InChI is InChI=1S/C19H25N3O/c1-12-13(2)18(23-14(3)17-5-4-9-21-17)7-6-16(12)15-8-10-22-19(20)11-15/h6-8,10-11,14,17,21H,4-5,9H2,1-3H3,(H2,20,22). The molecule has 2 unspecified atom stereocenters. The molecule has 2 heterocycles. The smallest absolute Gasteiger partial charge is 0.123 e. The number of nitrogens with two attached hydrogens (primary N) is 1. The Bertz CT molecular complexity index is 693. The summed E-state index contributed by atoms with van der Waals surface area (Å²) >= 11 is 0. The highest BCUT2D eigenvalue weighted by Crippen LogP contribution is 2.32. The lowest BCUT2D eigenvalue weighted by Gasteiger charge is -2.23. The van der Waals surface area contributed by atoms with Crippen molar-refractivity contribution < 1.29 is 4.74 Å². The number of nitrogens with zero attached hydrogens (tertiary/aromatic N) is 1. The van der Waals surface area contributed by atoms with Gasteiger partial charge in [0.2, 0.25) is 0 Å². The van der Waals surface area contributed by atoms with Crippen molar-refractivity contribution in [3.05, 3.63) is 41.6 Å². The van der Waals surface area contributed by atoms with Crippen LogP contribution in [0.25, 0.3) is 11.1 Å². The van der Waals surface area contributed by atoms with Gasteiger partial charge in [0.15, 0.2) is 0 Å². The van der Waals surface area contributed by atoms with E-state index in [4.69, 9.17) is 10.5 Å². The van der Waals surface area contributed by atoms with Gasteiger partial charge in [-0.15, -0.1) is 0 Å². The molecule has 23 heavy (non-hydrogen) atoms. The molecular weight excluding hydrogens is 286 g/mol. The molecule has 2 aromatic rings. The summed E-state index contributed by atoms with van der Waals surface area (Å²) in [5.74, 6) is 1.51. The van der Waals surface area contributed by atoms with Gasteiger partial charge >= 0.3 is 0 Å². The van der Waals surface area contributed by atoms with Gasteiger partial charge in [0.05, 0.1) is 0 Å². The lowest BCUT2D eigenvalue weighted by molar-refractivity contribution is 0.178. The molecule has 4 heteroatoms. The third-order valence-corrected chi connectivity index (χ3v) is 4.81. The molecule has 0 aliphatic carbocycles. The number of hydrogen-bond donors (Lipinski definition) is 2. The fraction of sp³-hybridized carbons (Fsp3) is 0.421. The molecule has 1 fully saturated rings. The summed E-state index contributed by atoms with van der Waals surface area (Å²) < 4.78 is 6.22. The highest BCUT2D eigenvalue weighted by molar-refractivity contribution is 5.71. The minimum absolute atomic E-state index is 0.179. The molecule has 2 atom stereocenters. The first-order valence-corrected chi connectivity index (χ1v) is 8.28. The maximum absolute atomic E-state index is 6.22. The highest BCUT2D eigenvalue weighted by atomic mass is 16.5. The van der Waals surface area contributed by atoms with Crippen molar-refractivity contribution in [3.8, 4) is 16.9 Å². The second-order valence-electron chi connectivity index (χ2n) is 6.36. The molecular formula is C19H25N3O. The number of benzene rings is 1. The minimum Gasteiger partial charge on any atom is -0.489 e. The summed E-state index contributed by atoms with van der Waals surface area (Å²) in [6.45, 7) is 7.49. The molecule has 0 amide bonds. The molecule has 1 aromatic heterocycles. The molecule has 3 rings (SSSR count). The van der Waals surface area contributed by atoms with E-state index >= 15 is 0 Å². The van der Waals surface area contributed by atoms with Crippen LogP contribution in [0.15, 0.2) is 30.5 Å². The van der Waals surface area contributed by atoms with Crippen LogP contribution in [0.5, 0.6) is 5.75 Å². The Labute approximate surface area is 138 Å². The number of nitrogen functional groups attached to an aromatic ring is 1. The Hall–Kier alpha value is -2.07. The van der Waals surface area contributed by atoms with Crippen LogP contribution in [-0.2, 0) is 0 Å². The number of pyridine rings is 1. The van der Waals surface area contributed by atoms with Crippen molar-refractivity contribution in [2.45, 2.75) is 45.8 Å². The van der Waals surface area contributed by atoms with E-state index in [9.17, 15) is 0 Å². The van der Waals surface area contributed by atoms with E-state index in [1.54, 1.807) is 6.20 Å². The minimum atomic E-state index is 0.179. The van der Waals surface area contributed by atoms with Gasteiger partial charge in [-0.2, -0.15) is 0 Å². The van der Waals surface area contributed by atoms with Gasteiger partial charge in [-0.3, -0.25) is 0 Å². The van der Waals surface area contributed by atoms with Crippen LogP contribution >= 0.6 is 0 Å². The first kappa shape index (κ1) is 15.8. The van der Waals surface area contributed by atoms with Crippen molar-refractivity contribution in [1.29, 1.82) is 0 Å². The Morgan fingerprint density at radius 2 is 2.09 bits per heavy atom. The number of anilines is 1. The normalized spacial score (nSPS) is 18.8. The Balaban J connectivity index is 1.85. The van der Waals surface area contributed by atoms with E-state index in [0.717, 1.165) is 17.9 Å². The third-order valence-electron chi connectivity index (χ3n) is 4.81. The first-order valence-electron chi connectivity index (χ1n) is 8.28. The third kappa shape index (κ3) is 3.32. The van der Waals surface area contributed by atoms with Crippen molar-refractivity contribution in [1.82, 2.24) is 10.3 Å². The van der Waals surface area contributed by atoms with Gasteiger partial charge in [-0.1, -0.05) is 6.07 Å². The summed E-state index contributed by atoms with van der Waals surface area (Å²) in [6, 6.07) is 8.53. The summed E-state index contributed by atoms with van der Waals surface area (Å²) in [7, 11) is 0. The predicted octanol–water partition coefficient (Wildman–Crippen LogP) is 3.47. The van der Waals surface area contributed by atoms with Crippen molar-refractivity contribution in [2.24, 2.45) is 0 Å². The van der Waals surface area contributed by atoms with Crippen LogP contribution in [0.4, 0.5) is 5.82 Å². The van der Waals surface area contributed by atoms with Crippen LogP contribution in [0, 0.1) is 13.8 Å². The average Bonchev–Trinajstić information content (AvgIpc) is 3.06. The first-order chi connectivity index (χ1) is 11.1. The number of hydrogen-bond acceptors (Lipinski definition) is 4. The van der Waals surface area contributed by atoms with E-state index < -0.39 is 0 Å². The van der Waals surface area contributed by atoms with Crippen LogP contribution in [0.2, 0.25) is 0 Å². The summed E-state index contributed by atoms with van der Waals surface area (Å²) in [4.78, 5) is 4.06. The zero-order chi connectivity index (χ0) is 16.4. The van der Waals surface area contributed by atoms with Crippen LogP contribution in [-0.4, -0.2) is 23.7 Å². The van der Waals surface area contributed by atoms with E-state index in [-0.39, 0.29) is 6.10 Å². The molecule has 0 spiro atoms. The number of rotatable bonds is 4. The van der Waals surface area contributed by atoms with E-state index in [1.165, 1.54) is 29.5 Å². The van der Waals surface area contributed by atoms with Gasteiger partial charge < -0.3 is 15.8 Å². The molecule has 1 saturated heterocycles. The van der Waals surface area contributed by atoms with Gasteiger partial charge in [-0.25, -0.2) is 4.98 Å². The summed E-state index contributed by atoms with van der Waals surface area (Å²) in [6.07, 6.45) is 4.35. The van der Waals surface area contributed by atoms with Crippen molar-refractivity contribution in [2.75, 3.05) is 12.3 Å². The molecule has 122 valence electrons. The zero-order valence-corrected chi connectivity index (χ0v) is 14.1. The lowest BCUT2D eigenvalue weighted by Crippen LogP contribution is -2.36. The predicted molar refractivity (Wildman–Crippen MR) is 94.7 cm³/mol. The molecule has 1 aliphatic heterocycles. The quantitative estimate of drug-likeness (QED) is 0.907. The second kappa shape index (κ2) is 6.59. The monoisotopic (exact) mass is 311 g/mol. The van der Waals surface area contributed by atoms with Crippen LogP contribution in [0.3, 0.4) is 0 Å². The van der Waals surface area contributed by atoms with E-state index in [2.05, 4.69) is 43.2 Å². The molecule has 1 aromatic carbocycles. The van der Waals surface area contributed by atoms with Crippen LogP contribution in [0.1, 0.15) is 30.9 Å². The maximum atomic E-state index is 6.22. The fourth-order valence-electron chi connectivity index (χ4n) is 3.25. The molecule has 4 nitrogen and oxygen atoms in total. The Morgan fingerprint density at radius 1 is 1.26 bits per heavy atom. The molecule has 0 bridgehead atoms. The number of ether oxygens (including phenoxy) is 1. The largest absolute Gasteiger partial charge is 0.489 e. The van der Waals surface area contributed by atoms with Crippen molar-refractivity contribution in [3.63, 3.8) is 0 Å². The Morgan fingerprint density at radius 3 is 2.78 bits per heavy atom. The average molecular weight is 311 g/mol. The fourth-order valence-corrected chi connectivity index (χ4v) is 3.25. The highest BCUT2D eigenvalue weighted by Gasteiger charge is 2.23. The van der Waals surface area contributed by atoms with E-state index in [0.29, 0.717) is 11.9 Å². The summed E-state index contributed by atoms with van der Waals surface area (Å²) in [5, 5.41) is 3.51. The SMILES string of the molecule is Cc1c(OC(C)C2CCCN2)ccc(-c2ccnc(N)c2)c1C. The molecule has 0 radical (unpaired) electrons. The topological polar surface area (TPSA) is 60.2 Å². The van der Waals surface area contributed by atoms with Crippen molar-refractivity contribution >= 4 is 5.82 Å². The van der Waals surface area contributed by atoms with Gasteiger partial charge in [0.1, 0.15) is 17.7 Å². The van der Waals surface area contributed by atoms with Gasteiger partial charge in [-0.05, 0) is 80.6 Å². The molecule has 3 N–H and O–H groups in total. The van der Waals surface area contributed by atoms with Gasteiger partial charge in [0, 0.05) is 12.2 Å². The maximum Gasteiger partial charge on any atom is 0.123 e. The Kier molecular flexibility index (Phi) is 4.53. The number of aromatic nitrogens is 1. The van der Waals surface area contributed by atoms with Gasteiger partial charge in [0.25, 0.3) is 0 Å². The van der Waals surface area contributed by atoms with Crippen LogP contribution < -0.4 is 15.8 Å². The van der Waals surface area contributed by atoms with E-state index in [1.807, 2.05) is 12.1 Å². The zero-order valence-electron chi connectivity index (χ0n) is 14.1. The summed E-state index contributed by atoms with van der Waals surface area (Å²) in [5.41, 5.74) is 10.5. The molecule has 0 saturated carbocycles. The lowest BCUT2D eigenvalue weighted by atomic mass is 9.97. The number of nitrogens with one attached hydrogen (secondary N) is 1.